The van der Waals surface area contributed by atoms with Gasteiger partial charge in [-0.3, -0.25) is 4.68 Å². The summed E-state index contributed by atoms with van der Waals surface area (Å²) in [7, 11) is 0. The summed E-state index contributed by atoms with van der Waals surface area (Å²) in [5.74, 6) is 0. The van der Waals surface area contributed by atoms with Crippen LogP contribution in [-0.4, -0.2) is 27.5 Å². The molecule has 14 heavy (non-hydrogen) atoms. The van der Waals surface area contributed by atoms with Gasteiger partial charge in [0.05, 0.1) is 6.10 Å². The maximum absolute atomic E-state index is 9.29. The Morgan fingerprint density at radius 2 is 2.36 bits per heavy atom. The molecule has 1 aliphatic carbocycles. The van der Waals surface area contributed by atoms with Gasteiger partial charge in [0.15, 0.2) is 0 Å². The van der Waals surface area contributed by atoms with Crippen molar-refractivity contribution in [3.63, 3.8) is 0 Å². The van der Waals surface area contributed by atoms with Crippen LogP contribution in [0, 0.1) is 5.41 Å². The van der Waals surface area contributed by atoms with Crippen LogP contribution in [0.3, 0.4) is 0 Å². The third-order valence-electron chi connectivity index (χ3n) is 3.20. The SMILES string of the molecule is NCC1(CCn2cccn2)CC(O)C1. The van der Waals surface area contributed by atoms with Crippen LogP contribution >= 0.6 is 0 Å². The summed E-state index contributed by atoms with van der Waals surface area (Å²) in [5.41, 5.74) is 5.90. The average molecular weight is 195 g/mol. The Bertz CT molecular complexity index is 278. The lowest BCUT2D eigenvalue weighted by molar-refractivity contribution is -0.0341. The second kappa shape index (κ2) is 3.71. The van der Waals surface area contributed by atoms with Crippen molar-refractivity contribution in [1.29, 1.82) is 0 Å². The van der Waals surface area contributed by atoms with Crippen LogP contribution in [-0.2, 0) is 6.54 Å². The highest BCUT2D eigenvalue weighted by Crippen LogP contribution is 2.43. The molecule has 2 rings (SSSR count). The molecule has 0 spiro atoms. The van der Waals surface area contributed by atoms with E-state index in [0.29, 0.717) is 6.54 Å². The van der Waals surface area contributed by atoms with Gasteiger partial charge in [0.1, 0.15) is 0 Å². The molecule has 0 amide bonds. The maximum Gasteiger partial charge on any atom is 0.0551 e. The number of nitrogens with zero attached hydrogens (tertiary/aromatic N) is 2. The summed E-state index contributed by atoms with van der Waals surface area (Å²) in [6.07, 6.45) is 6.33. The van der Waals surface area contributed by atoms with Gasteiger partial charge in [-0.25, -0.2) is 0 Å². The van der Waals surface area contributed by atoms with Gasteiger partial charge in [0.2, 0.25) is 0 Å². The molecular formula is C10H17N3O. The summed E-state index contributed by atoms with van der Waals surface area (Å²) in [4.78, 5) is 0. The van der Waals surface area contributed by atoms with E-state index in [0.717, 1.165) is 25.8 Å². The summed E-state index contributed by atoms with van der Waals surface area (Å²) in [6.45, 7) is 1.57. The monoisotopic (exact) mass is 195 g/mol. The topological polar surface area (TPSA) is 64.1 Å². The number of nitrogens with two attached hydrogens (primary N) is 1. The third kappa shape index (κ3) is 1.81. The van der Waals surface area contributed by atoms with Gasteiger partial charge in [0.25, 0.3) is 0 Å². The number of aliphatic hydroxyl groups excluding tert-OH is 1. The molecule has 0 radical (unpaired) electrons. The fourth-order valence-corrected chi connectivity index (χ4v) is 2.20. The van der Waals surface area contributed by atoms with Crippen LogP contribution in [0.1, 0.15) is 19.3 Å². The fourth-order valence-electron chi connectivity index (χ4n) is 2.20. The molecule has 1 aromatic heterocycles. The van der Waals surface area contributed by atoms with E-state index in [-0.39, 0.29) is 11.5 Å². The first kappa shape index (κ1) is 9.68. The molecule has 0 aliphatic heterocycles. The minimum absolute atomic E-state index is 0.129. The lowest BCUT2D eigenvalue weighted by Gasteiger charge is -2.44. The summed E-state index contributed by atoms with van der Waals surface area (Å²) in [6, 6.07) is 1.92. The Morgan fingerprint density at radius 3 is 2.86 bits per heavy atom. The predicted octanol–water partition coefficient (Wildman–Crippen LogP) is 0.373. The van der Waals surface area contributed by atoms with Crippen molar-refractivity contribution in [1.82, 2.24) is 9.78 Å². The van der Waals surface area contributed by atoms with Crippen LogP contribution in [0.25, 0.3) is 0 Å². The highest BCUT2D eigenvalue weighted by Gasteiger charge is 2.41. The zero-order valence-electron chi connectivity index (χ0n) is 8.26. The first-order valence-electron chi connectivity index (χ1n) is 5.10. The molecule has 0 unspecified atom stereocenters. The predicted molar refractivity (Wildman–Crippen MR) is 53.6 cm³/mol. The standard InChI is InChI=1S/C10H17N3O/c11-8-10(6-9(14)7-10)2-5-13-4-1-3-12-13/h1,3-4,9,14H,2,5-8,11H2. The van der Waals surface area contributed by atoms with Crippen molar-refractivity contribution in [3.05, 3.63) is 18.5 Å². The molecule has 1 aromatic rings. The summed E-state index contributed by atoms with van der Waals surface area (Å²) >= 11 is 0. The number of hydrogen-bond donors (Lipinski definition) is 2. The number of rotatable bonds is 4. The molecule has 4 heteroatoms. The van der Waals surface area contributed by atoms with Crippen LogP contribution in [0.2, 0.25) is 0 Å². The van der Waals surface area contributed by atoms with Gasteiger partial charge in [-0.2, -0.15) is 5.10 Å². The zero-order chi connectivity index (χ0) is 10.0. The van der Waals surface area contributed by atoms with E-state index < -0.39 is 0 Å². The normalized spacial score (nSPS) is 31.4. The van der Waals surface area contributed by atoms with Crippen LogP contribution in [0.15, 0.2) is 18.5 Å². The quantitative estimate of drug-likeness (QED) is 0.729. The van der Waals surface area contributed by atoms with Gasteiger partial charge in [0, 0.05) is 18.9 Å². The molecule has 0 saturated heterocycles. The van der Waals surface area contributed by atoms with Gasteiger partial charge in [-0.15, -0.1) is 0 Å². The largest absolute Gasteiger partial charge is 0.393 e. The van der Waals surface area contributed by atoms with E-state index >= 15 is 0 Å². The molecule has 78 valence electrons. The molecule has 1 saturated carbocycles. The first-order chi connectivity index (χ1) is 6.74. The van der Waals surface area contributed by atoms with Crippen molar-refractivity contribution < 1.29 is 5.11 Å². The first-order valence-corrected chi connectivity index (χ1v) is 5.10. The Kier molecular flexibility index (Phi) is 2.56. The van der Waals surface area contributed by atoms with Crippen LogP contribution in [0.5, 0.6) is 0 Å². The Labute approximate surface area is 83.7 Å². The van der Waals surface area contributed by atoms with Crippen molar-refractivity contribution in [2.45, 2.75) is 31.9 Å². The lowest BCUT2D eigenvalue weighted by atomic mass is 9.65. The molecule has 0 bridgehead atoms. The highest BCUT2D eigenvalue weighted by atomic mass is 16.3. The van der Waals surface area contributed by atoms with E-state index in [1.54, 1.807) is 6.20 Å². The van der Waals surface area contributed by atoms with Crippen LogP contribution < -0.4 is 5.73 Å². The van der Waals surface area contributed by atoms with E-state index in [4.69, 9.17) is 5.73 Å². The van der Waals surface area contributed by atoms with Crippen molar-refractivity contribution in [2.24, 2.45) is 11.1 Å². The van der Waals surface area contributed by atoms with E-state index in [2.05, 4.69) is 5.10 Å². The molecule has 3 N–H and O–H groups in total. The molecule has 0 aromatic carbocycles. The summed E-state index contributed by atoms with van der Waals surface area (Å²) < 4.78 is 1.92. The highest BCUT2D eigenvalue weighted by molar-refractivity contribution is 4.94. The molecule has 1 aliphatic rings. The van der Waals surface area contributed by atoms with Crippen molar-refractivity contribution in [2.75, 3.05) is 6.54 Å². The van der Waals surface area contributed by atoms with Gasteiger partial charge < -0.3 is 10.8 Å². The van der Waals surface area contributed by atoms with Crippen molar-refractivity contribution >= 4 is 0 Å². The molecule has 1 fully saturated rings. The van der Waals surface area contributed by atoms with Gasteiger partial charge in [-0.1, -0.05) is 0 Å². The lowest BCUT2D eigenvalue weighted by Crippen LogP contribution is -2.46. The maximum atomic E-state index is 9.29. The number of aromatic nitrogens is 2. The Balaban J connectivity index is 1.85. The Hall–Kier alpha value is -0.870. The second-order valence-corrected chi connectivity index (χ2v) is 4.29. The second-order valence-electron chi connectivity index (χ2n) is 4.29. The number of hydrogen-bond acceptors (Lipinski definition) is 3. The smallest absolute Gasteiger partial charge is 0.0551 e. The van der Waals surface area contributed by atoms with Crippen molar-refractivity contribution in [3.8, 4) is 0 Å². The number of aliphatic hydroxyl groups is 1. The molecule has 4 nitrogen and oxygen atoms in total. The van der Waals surface area contributed by atoms with Crippen LogP contribution in [0.4, 0.5) is 0 Å². The number of aryl methyl sites for hydroxylation is 1. The van der Waals surface area contributed by atoms with Gasteiger partial charge >= 0.3 is 0 Å². The average Bonchev–Trinajstić information content (AvgIpc) is 2.63. The van der Waals surface area contributed by atoms with Gasteiger partial charge in [-0.05, 0) is 37.3 Å². The van der Waals surface area contributed by atoms with E-state index in [1.807, 2.05) is 16.9 Å². The summed E-state index contributed by atoms with van der Waals surface area (Å²) in [5, 5.41) is 13.4. The zero-order valence-corrected chi connectivity index (χ0v) is 8.26. The third-order valence-corrected chi connectivity index (χ3v) is 3.20. The minimum Gasteiger partial charge on any atom is -0.393 e. The molecular weight excluding hydrogens is 178 g/mol. The van der Waals surface area contributed by atoms with E-state index in [1.165, 1.54) is 0 Å². The van der Waals surface area contributed by atoms with E-state index in [9.17, 15) is 5.11 Å². The molecule has 1 heterocycles. The minimum atomic E-state index is -0.129. The molecule has 0 atom stereocenters. The fraction of sp³-hybridized carbons (Fsp3) is 0.700. The Morgan fingerprint density at radius 1 is 1.57 bits per heavy atom.